The van der Waals surface area contributed by atoms with Crippen molar-refractivity contribution in [2.75, 3.05) is 13.6 Å². The monoisotopic (exact) mass is 131 g/mol. The Labute approximate surface area is 52.6 Å². The van der Waals surface area contributed by atoms with E-state index in [0.29, 0.717) is 0 Å². The number of hydrogen-bond donors (Lipinski definition) is 2. The lowest BCUT2D eigenvalue weighted by Crippen LogP contribution is -2.40. The highest BCUT2D eigenvalue weighted by atomic mass is 16.4. The second kappa shape index (κ2) is 2.91. The van der Waals surface area contributed by atoms with Crippen molar-refractivity contribution < 1.29 is 14.5 Å². The van der Waals surface area contributed by atoms with E-state index in [-0.39, 0.29) is 12.5 Å². The first-order valence-corrected chi connectivity index (χ1v) is 2.33. The number of nitrogens with two attached hydrogens (primary N) is 2. The van der Waals surface area contributed by atoms with Crippen LogP contribution in [0.3, 0.4) is 0 Å². The highest BCUT2D eigenvalue weighted by molar-refractivity contribution is 5.72. The highest BCUT2D eigenvalue weighted by Gasteiger charge is 1.94. The molecule has 4 N–H and O–H groups in total. The molecule has 9 heavy (non-hydrogen) atoms. The Hall–Kier alpha value is -1.26. The van der Waals surface area contributed by atoms with Gasteiger partial charge in [-0.3, -0.25) is 16.0 Å². The van der Waals surface area contributed by atoms with E-state index in [1.807, 2.05) is 0 Å². The van der Waals surface area contributed by atoms with E-state index < -0.39 is 5.97 Å². The zero-order valence-electron chi connectivity index (χ0n) is 5.13. The van der Waals surface area contributed by atoms with Crippen LogP contribution in [0, 0.1) is 0 Å². The van der Waals surface area contributed by atoms with Crippen molar-refractivity contribution in [3.8, 4) is 0 Å². The number of carbonyl (C=O) groups excluding carboxylic acids is 1. The van der Waals surface area contributed by atoms with Gasteiger partial charge >= 0.3 is 5.96 Å². The van der Waals surface area contributed by atoms with Gasteiger partial charge in [-0.1, -0.05) is 0 Å². The summed E-state index contributed by atoms with van der Waals surface area (Å²) in [5, 5.41) is 9.84. The van der Waals surface area contributed by atoms with Crippen LogP contribution >= 0.6 is 0 Å². The topological polar surface area (TPSA) is 95.2 Å². The fraction of sp³-hybridized carbons (Fsp3) is 0.500. The molecule has 0 aliphatic rings. The van der Waals surface area contributed by atoms with Gasteiger partial charge in [-0.2, -0.15) is 0 Å². The number of rotatable bonds is 2. The molecule has 0 radical (unpaired) electrons. The number of hydrogen-bond acceptors (Lipinski definition) is 2. The van der Waals surface area contributed by atoms with Gasteiger partial charge in [0.25, 0.3) is 0 Å². The first kappa shape index (κ1) is 7.74. The number of likely N-dealkylation sites (N-methyl/N-ethyl adjacent to an activating group) is 1. The summed E-state index contributed by atoms with van der Waals surface area (Å²) in [5.41, 5.74) is 10.0. The van der Waals surface area contributed by atoms with Crippen molar-refractivity contribution in [3.05, 3.63) is 0 Å². The molecule has 52 valence electrons. The van der Waals surface area contributed by atoms with Crippen LogP contribution in [-0.4, -0.2) is 30.1 Å². The van der Waals surface area contributed by atoms with Crippen LogP contribution in [0.5, 0.6) is 0 Å². The largest absolute Gasteiger partial charge is 0.547 e. The molecule has 0 aliphatic heterocycles. The van der Waals surface area contributed by atoms with Crippen LogP contribution in [0.4, 0.5) is 0 Å². The summed E-state index contributed by atoms with van der Waals surface area (Å²) in [6.07, 6.45) is 0. The van der Waals surface area contributed by atoms with E-state index in [9.17, 15) is 9.90 Å². The molecule has 0 saturated carbocycles. The summed E-state index contributed by atoms with van der Waals surface area (Å²) in [5.74, 6) is -1.23. The molecule has 0 bridgehead atoms. The average molecular weight is 131 g/mol. The predicted octanol–water partition coefficient (Wildman–Crippen LogP) is -3.35. The van der Waals surface area contributed by atoms with Crippen molar-refractivity contribution in [1.29, 1.82) is 0 Å². The number of nitrogens with zero attached hydrogens (tertiary/aromatic N) is 1. The zero-order chi connectivity index (χ0) is 7.44. The van der Waals surface area contributed by atoms with E-state index >= 15 is 0 Å². The number of carboxylic acids is 1. The van der Waals surface area contributed by atoms with Gasteiger partial charge in [-0.05, 0) is 0 Å². The van der Waals surface area contributed by atoms with Gasteiger partial charge in [0.1, 0.15) is 6.54 Å². The summed E-state index contributed by atoms with van der Waals surface area (Å²) >= 11 is 0. The Morgan fingerprint density at radius 3 is 2.22 bits per heavy atom. The van der Waals surface area contributed by atoms with Crippen molar-refractivity contribution in [1.82, 2.24) is 0 Å². The average Bonchev–Trinajstić information content (AvgIpc) is 1.63. The minimum absolute atomic E-state index is 0.0285. The van der Waals surface area contributed by atoms with Crippen molar-refractivity contribution in [2.24, 2.45) is 11.5 Å². The lowest BCUT2D eigenvalue weighted by atomic mass is 10.6. The lowest BCUT2D eigenvalue weighted by molar-refractivity contribution is -0.501. The van der Waals surface area contributed by atoms with Crippen molar-refractivity contribution >= 4 is 11.9 Å². The van der Waals surface area contributed by atoms with Crippen molar-refractivity contribution in [3.63, 3.8) is 0 Å². The van der Waals surface area contributed by atoms with E-state index in [1.54, 1.807) is 0 Å². The molecule has 0 atom stereocenters. The van der Waals surface area contributed by atoms with Gasteiger partial charge in [0.15, 0.2) is 0 Å². The SMILES string of the molecule is C[N+](CC(=O)[O-])=C(N)N. The molecular formula is C4H9N3O2. The fourth-order valence-electron chi connectivity index (χ4n) is 0.285. The number of aliphatic carboxylic acids is 1. The Kier molecular flexibility index (Phi) is 2.50. The third-order valence-electron chi connectivity index (χ3n) is 0.807. The number of guanidine groups is 1. The maximum Gasteiger partial charge on any atom is 0.341 e. The van der Waals surface area contributed by atoms with E-state index in [2.05, 4.69) is 0 Å². The van der Waals surface area contributed by atoms with Gasteiger partial charge in [0.05, 0.1) is 13.0 Å². The number of carboxylic acid groups (broad SMARTS) is 1. The Bertz CT molecular complexity index is 148. The van der Waals surface area contributed by atoms with E-state index in [0.717, 1.165) is 0 Å². The Morgan fingerprint density at radius 2 is 2.11 bits per heavy atom. The molecule has 0 rings (SSSR count). The summed E-state index contributed by atoms with van der Waals surface area (Å²) in [6.45, 7) is -0.275. The second-order valence-electron chi connectivity index (χ2n) is 1.65. The molecule has 0 aromatic rings. The third-order valence-corrected chi connectivity index (χ3v) is 0.807. The summed E-state index contributed by atoms with van der Waals surface area (Å²) in [4.78, 5) is 9.84. The minimum atomic E-state index is -1.20. The molecule has 0 heterocycles. The highest BCUT2D eigenvalue weighted by Crippen LogP contribution is 1.62. The molecule has 0 aromatic heterocycles. The van der Waals surface area contributed by atoms with Crippen LogP contribution in [0.25, 0.3) is 0 Å². The Morgan fingerprint density at radius 1 is 1.67 bits per heavy atom. The minimum Gasteiger partial charge on any atom is -0.547 e. The molecule has 0 spiro atoms. The van der Waals surface area contributed by atoms with Gasteiger partial charge in [0.2, 0.25) is 0 Å². The summed E-state index contributed by atoms with van der Waals surface area (Å²) in [6, 6.07) is 0. The van der Waals surface area contributed by atoms with Gasteiger partial charge < -0.3 is 9.90 Å². The van der Waals surface area contributed by atoms with Gasteiger partial charge in [-0.15, -0.1) is 0 Å². The fourth-order valence-corrected chi connectivity index (χ4v) is 0.285. The molecule has 0 aromatic carbocycles. The maximum atomic E-state index is 9.84. The molecule has 5 heteroatoms. The standard InChI is InChI=1S/C4H9N3O2/c1-7(4(5)6)2-3(8)9/h2H2,1H3,(H4,5,6,8,9). The normalized spacial score (nSPS) is 8.56. The smallest absolute Gasteiger partial charge is 0.341 e. The molecule has 0 aliphatic carbocycles. The summed E-state index contributed by atoms with van der Waals surface area (Å²) in [7, 11) is 1.46. The molecule has 0 saturated heterocycles. The summed E-state index contributed by atoms with van der Waals surface area (Å²) < 4.78 is 1.18. The maximum absolute atomic E-state index is 9.84. The van der Waals surface area contributed by atoms with E-state index in [4.69, 9.17) is 11.5 Å². The van der Waals surface area contributed by atoms with Crippen molar-refractivity contribution in [2.45, 2.75) is 0 Å². The molecule has 0 amide bonds. The van der Waals surface area contributed by atoms with E-state index in [1.165, 1.54) is 11.6 Å². The molecule has 0 fully saturated rings. The molecule has 0 unspecified atom stereocenters. The van der Waals surface area contributed by atoms with Crippen LogP contribution in [0.15, 0.2) is 0 Å². The van der Waals surface area contributed by atoms with Crippen LogP contribution in [0.1, 0.15) is 0 Å². The van der Waals surface area contributed by atoms with Gasteiger partial charge in [-0.25, -0.2) is 0 Å². The zero-order valence-corrected chi connectivity index (χ0v) is 5.13. The Balaban J connectivity index is 3.92. The van der Waals surface area contributed by atoms with Crippen LogP contribution < -0.4 is 16.6 Å². The quantitative estimate of drug-likeness (QED) is 0.232. The molecular weight excluding hydrogens is 122 g/mol. The second-order valence-corrected chi connectivity index (χ2v) is 1.65. The van der Waals surface area contributed by atoms with Gasteiger partial charge in [0, 0.05) is 0 Å². The molecule has 5 nitrogen and oxygen atoms in total. The van der Waals surface area contributed by atoms with Crippen LogP contribution in [-0.2, 0) is 4.79 Å². The first-order chi connectivity index (χ1) is 4.04. The third kappa shape index (κ3) is 3.33. The predicted molar refractivity (Wildman–Crippen MR) is 29.4 cm³/mol. The number of carbonyl (C=O) groups is 1. The lowest BCUT2D eigenvalue weighted by Gasteiger charge is -2.01. The van der Waals surface area contributed by atoms with Crippen LogP contribution in [0.2, 0.25) is 0 Å². The first-order valence-electron chi connectivity index (χ1n) is 2.33.